The van der Waals surface area contributed by atoms with Crippen molar-refractivity contribution in [3.8, 4) is 0 Å². The molecule has 0 saturated heterocycles. The van der Waals surface area contributed by atoms with Crippen molar-refractivity contribution in [1.29, 1.82) is 0 Å². The van der Waals surface area contributed by atoms with Gasteiger partial charge >= 0.3 is 88.4 Å². The quantitative estimate of drug-likeness (QED) is 0.306. The van der Waals surface area contributed by atoms with Crippen LogP contribution in [-0.2, 0) is 22.6 Å². The van der Waals surface area contributed by atoms with Crippen molar-refractivity contribution in [2.45, 2.75) is 39.0 Å². The van der Waals surface area contributed by atoms with Crippen molar-refractivity contribution in [1.82, 2.24) is 0 Å². The third-order valence-electron chi connectivity index (χ3n) is 4.94. The van der Waals surface area contributed by atoms with Gasteiger partial charge in [-0.2, -0.15) is 0 Å². The molecule has 8 nitrogen and oxygen atoms in total. The van der Waals surface area contributed by atoms with E-state index < -0.39 is 14.2 Å². The number of fused-ring (bicyclic) bond motifs is 1. The first kappa shape index (κ1) is 22.9. The van der Waals surface area contributed by atoms with Crippen LogP contribution in [0.3, 0.4) is 0 Å². The Morgan fingerprint density at radius 1 is 1.17 bits per heavy atom. The van der Waals surface area contributed by atoms with Crippen molar-refractivity contribution in [2.75, 3.05) is 10.6 Å². The fraction of sp³-hybridized carbons (Fsp3) is 0.300. The van der Waals surface area contributed by atoms with Gasteiger partial charge in [0.25, 0.3) is 0 Å². The maximum atomic E-state index is 11.9. The number of hydrogen-bond donors (Lipinski definition) is 4. The maximum Gasteiger partial charge on any atom is 0.235 e. The molecular formula is C20H25AsN2O6. The average Bonchev–Trinajstić information content (AvgIpc) is 2.99. The fourth-order valence-corrected chi connectivity index (χ4v) is 4.74. The number of amides is 2. The van der Waals surface area contributed by atoms with Gasteiger partial charge in [-0.25, -0.2) is 0 Å². The molecule has 0 aromatic heterocycles. The summed E-state index contributed by atoms with van der Waals surface area (Å²) in [5, 5.41) is 13.6. The summed E-state index contributed by atoms with van der Waals surface area (Å²) in [4.78, 5) is 22.6. The topological polar surface area (TPSA) is 125 Å². The van der Waals surface area contributed by atoms with Gasteiger partial charge in [0.2, 0.25) is 5.91 Å². The second kappa shape index (κ2) is 9.41. The van der Waals surface area contributed by atoms with Gasteiger partial charge in [-0.1, -0.05) is 32.0 Å². The second-order valence-electron chi connectivity index (χ2n) is 6.62. The van der Waals surface area contributed by atoms with Crippen LogP contribution in [0.15, 0.2) is 48.5 Å². The summed E-state index contributed by atoms with van der Waals surface area (Å²) in [5.74, 6) is -0.138. The number of anilines is 2. The normalized spacial score (nSPS) is 16.0. The van der Waals surface area contributed by atoms with Gasteiger partial charge in [-0.3, -0.25) is 4.79 Å². The Kier molecular flexibility index (Phi) is 7.43. The number of nitrogens with one attached hydrogen (secondary N) is 2. The molecule has 2 aromatic rings. The van der Waals surface area contributed by atoms with Crippen LogP contribution in [0.25, 0.3) is 0 Å². The van der Waals surface area contributed by atoms with Crippen LogP contribution in [0.5, 0.6) is 0 Å². The molecule has 1 atom stereocenters. The van der Waals surface area contributed by atoms with Crippen molar-refractivity contribution >= 4 is 41.7 Å². The van der Waals surface area contributed by atoms with E-state index >= 15 is 0 Å². The van der Waals surface area contributed by atoms with Gasteiger partial charge in [0.05, 0.1) is 5.41 Å². The van der Waals surface area contributed by atoms with Crippen LogP contribution >= 0.6 is 0 Å². The monoisotopic (exact) mass is 464 g/mol. The summed E-state index contributed by atoms with van der Waals surface area (Å²) in [7, 11) is 0. The second-order valence-corrected chi connectivity index (χ2v) is 10.2. The van der Waals surface area contributed by atoms with Crippen LogP contribution in [0.2, 0.25) is 0 Å². The molecule has 1 aliphatic heterocycles. The van der Waals surface area contributed by atoms with Gasteiger partial charge in [0, 0.05) is 5.69 Å². The molecule has 0 fully saturated rings. The Morgan fingerprint density at radius 3 is 2.41 bits per heavy atom. The molecule has 4 N–H and O–H groups in total. The minimum Gasteiger partial charge on any atom is -0.325 e. The molecular weight excluding hydrogens is 439 g/mol. The number of carbonyl (C=O) groups is 2. The molecule has 0 spiro atoms. The van der Waals surface area contributed by atoms with E-state index in [0.29, 0.717) is 5.69 Å². The molecule has 0 aliphatic carbocycles. The van der Waals surface area contributed by atoms with Gasteiger partial charge in [0.15, 0.2) is 0 Å². The number of benzene rings is 2. The standard InChI is InChI=1S/C12H15NO.C8H10AsNO5/c1-3-12(4-2)9-7-5-6-8-10(9)13-11(12)14;1-6(11)10-8-4-2-3-7(5-8)9(12,13)15-14/h5-8H,3-4H2,1-2H3,(H,13,14);2-5,14H,1H3,(H,10,11)(H,12,13). The van der Waals surface area contributed by atoms with Gasteiger partial charge < -0.3 is 5.32 Å². The van der Waals surface area contributed by atoms with Crippen LogP contribution in [-0.4, -0.2) is 35.3 Å². The predicted molar refractivity (Wildman–Crippen MR) is 110 cm³/mol. The third kappa shape index (κ3) is 4.97. The number of rotatable bonds is 5. The minimum absolute atomic E-state index is 0.0399. The first-order valence-electron chi connectivity index (χ1n) is 9.15. The SMILES string of the molecule is CC(=O)Nc1cccc([As](=O)(O)OO)c1.CCC1(CC)C(=O)Nc2ccccc21. The first-order chi connectivity index (χ1) is 13.7. The molecule has 9 heteroatoms. The van der Waals surface area contributed by atoms with Crippen molar-refractivity contribution in [3.05, 3.63) is 54.1 Å². The predicted octanol–water partition coefficient (Wildman–Crippen LogP) is 2.40. The van der Waals surface area contributed by atoms with E-state index in [1.807, 2.05) is 18.2 Å². The van der Waals surface area contributed by atoms with E-state index in [9.17, 15) is 17.4 Å². The maximum absolute atomic E-state index is 11.9. The molecule has 3 rings (SSSR count). The molecule has 156 valence electrons. The Bertz CT molecular complexity index is 942. The third-order valence-corrected chi connectivity index (χ3v) is 7.35. The molecule has 0 radical (unpaired) electrons. The number of para-hydroxylation sites is 1. The zero-order valence-corrected chi connectivity index (χ0v) is 18.4. The summed E-state index contributed by atoms with van der Waals surface area (Å²) < 4.78 is 23.9. The van der Waals surface area contributed by atoms with Crippen molar-refractivity contribution in [3.63, 3.8) is 0 Å². The largest absolute Gasteiger partial charge is 0.325 e. The van der Waals surface area contributed by atoms with E-state index in [1.54, 1.807) is 6.07 Å². The van der Waals surface area contributed by atoms with Crippen LogP contribution < -0.4 is 15.0 Å². The molecule has 29 heavy (non-hydrogen) atoms. The first-order valence-corrected chi connectivity index (χ1v) is 12.5. The summed E-state index contributed by atoms with van der Waals surface area (Å²) in [5.41, 5.74) is 2.24. The van der Waals surface area contributed by atoms with Crippen molar-refractivity contribution < 1.29 is 26.6 Å². The van der Waals surface area contributed by atoms with E-state index in [1.165, 1.54) is 25.1 Å². The zero-order chi connectivity index (χ0) is 21.7. The number of carbonyl (C=O) groups excluding carboxylic acids is 2. The molecule has 2 amide bonds. The average molecular weight is 464 g/mol. The molecule has 1 aliphatic rings. The summed E-state index contributed by atoms with van der Waals surface area (Å²) in [6, 6.07) is 13.6. The zero-order valence-electron chi connectivity index (χ0n) is 16.5. The Morgan fingerprint density at radius 2 is 1.83 bits per heavy atom. The Labute approximate surface area is 172 Å². The molecule has 2 aromatic carbocycles. The summed E-state index contributed by atoms with van der Waals surface area (Å²) in [6.45, 7) is 5.47. The van der Waals surface area contributed by atoms with E-state index in [2.05, 4.69) is 34.4 Å². The molecule has 0 bridgehead atoms. The molecule has 1 heterocycles. The van der Waals surface area contributed by atoms with Gasteiger partial charge in [-0.15, -0.1) is 0 Å². The van der Waals surface area contributed by atoms with Gasteiger partial charge in [0.1, 0.15) is 0 Å². The Balaban J connectivity index is 0.000000207. The Hall–Kier alpha value is -2.38. The van der Waals surface area contributed by atoms with Crippen LogP contribution in [0, 0.1) is 0 Å². The summed E-state index contributed by atoms with van der Waals surface area (Å²) >= 11 is -4.83. The van der Waals surface area contributed by atoms with E-state index in [-0.39, 0.29) is 21.6 Å². The molecule has 1 unspecified atom stereocenters. The van der Waals surface area contributed by atoms with Gasteiger partial charge in [-0.05, 0) is 24.5 Å². The summed E-state index contributed by atoms with van der Waals surface area (Å²) in [6.07, 6.45) is 1.73. The smallest absolute Gasteiger partial charge is 0.235 e. The van der Waals surface area contributed by atoms with E-state index in [0.717, 1.165) is 24.1 Å². The van der Waals surface area contributed by atoms with Crippen LogP contribution in [0.1, 0.15) is 39.2 Å². The molecule has 0 saturated carbocycles. The van der Waals surface area contributed by atoms with E-state index in [4.69, 9.17) is 5.26 Å². The van der Waals surface area contributed by atoms with Crippen LogP contribution in [0.4, 0.5) is 11.4 Å². The fourth-order valence-electron chi connectivity index (χ4n) is 3.34. The number of hydrogen-bond acceptors (Lipinski definition) is 5. The minimum atomic E-state index is -4.83. The van der Waals surface area contributed by atoms with Crippen molar-refractivity contribution in [2.24, 2.45) is 0 Å².